The van der Waals surface area contributed by atoms with Crippen LogP contribution >= 0.6 is 0 Å². The molecule has 3 aromatic rings. The molecular weight excluding hydrogens is 416 g/mol. The Kier molecular flexibility index (Phi) is 5.41. The van der Waals surface area contributed by atoms with Crippen molar-refractivity contribution >= 4 is 28.4 Å². The van der Waals surface area contributed by atoms with E-state index in [0.717, 1.165) is 37.4 Å². The maximum absolute atomic E-state index is 10.9. The molecule has 2 aliphatic rings. The smallest absolute Gasteiger partial charge is 0.172 e. The molecule has 1 saturated heterocycles. The maximum atomic E-state index is 10.9. The Labute approximate surface area is 192 Å². The Hall–Kier alpha value is -3.60. The van der Waals surface area contributed by atoms with Gasteiger partial charge in [0.25, 0.3) is 0 Å². The van der Waals surface area contributed by atoms with Crippen LogP contribution in [0.25, 0.3) is 22.7 Å². The van der Waals surface area contributed by atoms with E-state index in [2.05, 4.69) is 46.1 Å². The van der Waals surface area contributed by atoms with E-state index in [-0.39, 0.29) is 11.3 Å². The van der Waals surface area contributed by atoms with Crippen LogP contribution in [0.5, 0.6) is 11.5 Å². The normalized spacial score (nSPS) is 17.2. The van der Waals surface area contributed by atoms with Crippen LogP contribution < -0.4 is 10.1 Å². The zero-order valence-electron chi connectivity index (χ0n) is 19.0. The number of methoxy groups -OCH3 is 1. The van der Waals surface area contributed by atoms with Gasteiger partial charge in [0.15, 0.2) is 17.1 Å². The van der Waals surface area contributed by atoms with Crippen molar-refractivity contribution in [3.8, 4) is 23.3 Å². The van der Waals surface area contributed by atoms with Crippen molar-refractivity contribution in [2.45, 2.75) is 19.4 Å². The molecule has 7 heteroatoms. The Morgan fingerprint density at radius 3 is 2.73 bits per heavy atom. The van der Waals surface area contributed by atoms with Gasteiger partial charge in [0.05, 0.1) is 29.4 Å². The Morgan fingerprint density at radius 2 is 1.94 bits per heavy atom. The second-order valence-corrected chi connectivity index (χ2v) is 8.63. The third kappa shape index (κ3) is 3.88. The lowest BCUT2D eigenvalue weighted by molar-refractivity contribution is 0.149. The van der Waals surface area contributed by atoms with Crippen molar-refractivity contribution in [2.24, 2.45) is 10.2 Å². The van der Waals surface area contributed by atoms with E-state index in [9.17, 15) is 5.11 Å². The zero-order valence-corrected chi connectivity index (χ0v) is 19.0. The van der Waals surface area contributed by atoms with Gasteiger partial charge in [-0.25, -0.2) is 0 Å². The summed E-state index contributed by atoms with van der Waals surface area (Å²) in [6.07, 6.45) is 1.71. The molecule has 33 heavy (non-hydrogen) atoms. The predicted molar refractivity (Wildman–Crippen MR) is 129 cm³/mol. The number of hydrogen-bond donors (Lipinski definition) is 2. The molecule has 168 valence electrons. The monoisotopic (exact) mass is 442 g/mol. The molecule has 2 N–H and O–H groups in total. The minimum atomic E-state index is -0.317. The molecule has 7 nitrogen and oxygen atoms in total. The van der Waals surface area contributed by atoms with Gasteiger partial charge in [-0.1, -0.05) is 30.0 Å². The number of piperazine rings is 1. The number of fused-ring (bicyclic) bond motifs is 2. The van der Waals surface area contributed by atoms with Crippen LogP contribution in [0.3, 0.4) is 0 Å². The Bertz CT molecular complexity index is 1330. The Morgan fingerprint density at radius 1 is 1.15 bits per heavy atom. The lowest BCUT2D eigenvalue weighted by Gasteiger charge is -2.37. The molecule has 3 heterocycles. The lowest BCUT2D eigenvalue weighted by Crippen LogP contribution is -2.52. The highest BCUT2D eigenvalue weighted by Gasteiger charge is 2.26. The van der Waals surface area contributed by atoms with Crippen molar-refractivity contribution in [3.63, 3.8) is 0 Å². The van der Waals surface area contributed by atoms with Gasteiger partial charge in [-0.3, -0.25) is 4.90 Å². The first-order valence-corrected chi connectivity index (χ1v) is 11.0. The van der Waals surface area contributed by atoms with E-state index in [1.54, 1.807) is 25.3 Å². The number of azo groups is 1. The number of hydrogen-bond acceptors (Lipinski definition) is 7. The standard InChI is InChI=1S/C26H26N4O3/c1-26(2,30-14-12-27-13-15-30)11-10-18-22(32-3)9-8-19-24(31)23(33-25(18)19)16-21-17-6-4-5-7-20(17)28-29-21/h4-9,16,27,31H,12-15H2,1-3H3. The fraction of sp³-hybridized carbons (Fsp3) is 0.308. The number of nitrogens with zero attached hydrogens (tertiary/aromatic N) is 3. The number of aromatic hydroxyl groups is 1. The molecule has 0 spiro atoms. The summed E-state index contributed by atoms with van der Waals surface area (Å²) in [5.74, 6) is 7.65. The van der Waals surface area contributed by atoms with Gasteiger partial charge in [-0.05, 0) is 32.0 Å². The minimum absolute atomic E-state index is 0.0455. The molecule has 2 aromatic carbocycles. The van der Waals surface area contributed by atoms with E-state index in [4.69, 9.17) is 9.15 Å². The summed E-state index contributed by atoms with van der Waals surface area (Å²) >= 11 is 0. The van der Waals surface area contributed by atoms with E-state index in [0.29, 0.717) is 33.7 Å². The maximum Gasteiger partial charge on any atom is 0.172 e. The first-order valence-electron chi connectivity index (χ1n) is 11.0. The number of nitrogens with one attached hydrogen (secondary N) is 1. The van der Waals surface area contributed by atoms with Crippen molar-refractivity contribution in [1.29, 1.82) is 0 Å². The van der Waals surface area contributed by atoms with Crippen LogP contribution in [0, 0.1) is 11.8 Å². The largest absolute Gasteiger partial charge is 0.504 e. The lowest BCUT2D eigenvalue weighted by atomic mass is 10.0. The molecule has 0 unspecified atom stereocenters. The summed E-state index contributed by atoms with van der Waals surface area (Å²) < 4.78 is 11.7. The molecule has 2 aliphatic heterocycles. The summed E-state index contributed by atoms with van der Waals surface area (Å²) in [6, 6.07) is 11.3. The summed E-state index contributed by atoms with van der Waals surface area (Å²) in [4.78, 5) is 2.36. The average Bonchev–Trinajstić information content (AvgIpc) is 3.39. The molecule has 5 rings (SSSR count). The first-order chi connectivity index (χ1) is 16.0. The molecule has 1 aromatic heterocycles. The van der Waals surface area contributed by atoms with Gasteiger partial charge >= 0.3 is 0 Å². The highest BCUT2D eigenvalue weighted by atomic mass is 16.5. The van der Waals surface area contributed by atoms with E-state index >= 15 is 0 Å². The number of benzene rings is 2. The highest BCUT2D eigenvalue weighted by Crippen LogP contribution is 2.41. The average molecular weight is 443 g/mol. The fourth-order valence-electron chi connectivity index (χ4n) is 4.22. The fourth-order valence-corrected chi connectivity index (χ4v) is 4.22. The van der Waals surface area contributed by atoms with Crippen molar-refractivity contribution in [1.82, 2.24) is 10.2 Å². The van der Waals surface area contributed by atoms with Gasteiger partial charge in [0.1, 0.15) is 11.3 Å². The molecule has 0 atom stereocenters. The molecule has 1 fully saturated rings. The van der Waals surface area contributed by atoms with E-state index in [1.807, 2.05) is 24.3 Å². The SMILES string of the molecule is COc1ccc2c(O)c(C=C3N=Nc4ccccc43)oc2c1C#CC(C)(C)N1CCNCC1. The Balaban J connectivity index is 1.58. The molecule has 0 amide bonds. The van der Waals surface area contributed by atoms with E-state index in [1.165, 1.54) is 0 Å². The zero-order chi connectivity index (χ0) is 23.0. The topological polar surface area (TPSA) is 82.6 Å². The van der Waals surface area contributed by atoms with Gasteiger partial charge in [-0.2, -0.15) is 0 Å². The molecule has 0 radical (unpaired) electrons. The molecule has 0 saturated carbocycles. The number of ether oxygens (including phenoxy) is 1. The van der Waals surface area contributed by atoms with Gasteiger partial charge < -0.3 is 19.6 Å². The third-order valence-electron chi connectivity index (χ3n) is 6.15. The summed E-state index contributed by atoms with van der Waals surface area (Å²) in [6.45, 7) is 8.03. The first kappa shape index (κ1) is 21.3. The number of rotatable bonds is 3. The van der Waals surface area contributed by atoms with Crippen LogP contribution in [0.4, 0.5) is 5.69 Å². The van der Waals surface area contributed by atoms with Gasteiger partial charge in [-0.15, -0.1) is 10.2 Å². The minimum Gasteiger partial charge on any atom is -0.504 e. The van der Waals surface area contributed by atoms with Gasteiger partial charge in [0.2, 0.25) is 0 Å². The third-order valence-corrected chi connectivity index (χ3v) is 6.15. The quantitative estimate of drug-likeness (QED) is 0.571. The van der Waals surface area contributed by atoms with Crippen LogP contribution in [-0.4, -0.2) is 48.8 Å². The van der Waals surface area contributed by atoms with Crippen LogP contribution in [0.15, 0.2) is 51.0 Å². The van der Waals surface area contributed by atoms with Crippen LogP contribution in [0.2, 0.25) is 0 Å². The van der Waals surface area contributed by atoms with E-state index < -0.39 is 0 Å². The number of furan rings is 1. The highest BCUT2D eigenvalue weighted by molar-refractivity contribution is 5.96. The molecular formula is C26H26N4O3. The second-order valence-electron chi connectivity index (χ2n) is 8.63. The van der Waals surface area contributed by atoms with Gasteiger partial charge in [0, 0.05) is 37.8 Å². The second kappa shape index (κ2) is 8.39. The predicted octanol–water partition coefficient (Wildman–Crippen LogP) is 4.78. The van der Waals surface area contributed by atoms with Crippen LogP contribution in [-0.2, 0) is 0 Å². The molecule has 0 aliphatic carbocycles. The van der Waals surface area contributed by atoms with Crippen molar-refractivity contribution in [3.05, 3.63) is 53.3 Å². The molecule has 0 bridgehead atoms. The van der Waals surface area contributed by atoms with Crippen LogP contribution in [0.1, 0.15) is 30.7 Å². The summed E-state index contributed by atoms with van der Waals surface area (Å²) in [7, 11) is 1.61. The van der Waals surface area contributed by atoms with Crippen molar-refractivity contribution < 1.29 is 14.3 Å². The summed E-state index contributed by atoms with van der Waals surface area (Å²) in [5.41, 5.74) is 3.12. The van der Waals surface area contributed by atoms with Crippen molar-refractivity contribution in [2.75, 3.05) is 33.3 Å². The summed E-state index contributed by atoms with van der Waals surface area (Å²) in [5, 5.41) is 23.3.